The molecule has 1 N–H and O–H groups in total. The minimum atomic E-state index is -0.804. The maximum absolute atomic E-state index is 12.4. The van der Waals surface area contributed by atoms with E-state index in [1.165, 1.54) is 10.9 Å². The zero-order valence-corrected chi connectivity index (χ0v) is 13.5. The fourth-order valence-corrected chi connectivity index (χ4v) is 3.52. The van der Waals surface area contributed by atoms with E-state index in [4.69, 9.17) is 0 Å². The Morgan fingerprint density at radius 1 is 1.26 bits per heavy atom. The third-order valence-corrected chi connectivity index (χ3v) is 4.87. The Labute approximate surface area is 135 Å². The van der Waals surface area contributed by atoms with Gasteiger partial charge in [0.1, 0.15) is 0 Å². The summed E-state index contributed by atoms with van der Waals surface area (Å²) < 4.78 is 2.08. The topological polar surface area (TPSA) is 62.5 Å². The lowest BCUT2D eigenvalue weighted by Gasteiger charge is -2.15. The first-order valence-corrected chi connectivity index (χ1v) is 8.01. The van der Waals surface area contributed by atoms with Crippen LogP contribution < -0.4 is 0 Å². The van der Waals surface area contributed by atoms with E-state index < -0.39 is 11.9 Å². The average Bonchev–Trinajstić information content (AvgIpc) is 3.06. The van der Waals surface area contributed by atoms with E-state index in [9.17, 15) is 14.7 Å². The minimum Gasteiger partial charge on any atom is -0.481 e. The molecule has 1 fully saturated rings. The Balaban J connectivity index is 1.66. The summed E-state index contributed by atoms with van der Waals surface area (Å²) in [5, 5.41) is 10.4. The summed E-state index contributed by atoms with van der Waals surface area (Å²) in [6.07, 6.45) is 3.18. The molecule has 2 aromatic rings. The molecule has 3 rings (SSSR count). The molecule has 2 atom stereocenters. The van der Waals surface area contributed by atoms with Crippen molar-refractivity contribution >= 4 is 22.8 Å². The van der Waals surface area contributed by atoms with E-state index in [0.717, 1.165) is 5.52 Å². The molecule has 0 unspecified atom stereocenters. The van der Waals surface area contributed by atoms with Crippen molar-refractivity contribution in [2.75, 3.05) is 13.1 Å². The average molecular weight is 314 g/mol. The van der Waals surface area contributed by atoms with Crippen LogP contribution in [-0.4, -0.2) is 39.5 Å². The van der Waals surface area contributed by atoms with Crippen molar-refractivity contribution in [1.82, 2.24) is 9.47 Å². The summed E-state index contributed by atoms with van der Waals surface area (Å²) in [6.45, 7) is 2.78. The van der Waals surface area contributed by atoms with Crippen molar-refractivity contribution in [2.24, 2.45) is 18.9 Å². The lowest BCUT2D eigenvalue weighted by molar-refractivity contribution is -0.142. The molecule has 1 aliphatic heterocycles. The zero-order valence-electron chi connectivity index (χ0n) is 13.5. The molecule has 1 aliphatic rings. The van der Waals surface area contributed by atoms with Gasteiger partial charge in [-0.25, -0.2) is 0 Å². The molecular weight excluding hydrogens is 292 g/mol. The molecular formula is C18H22N2O3. The number of para-hydroxylation sites is 1. The van der Waals surface area contributed by atoms with Crippen LogP contribution in [0.2, 0.25) is 0 Å². The Morgan fingerprint density at radius 2 is 2.00 bits per heavy atom. The van der Waals surface area contributed by atoms with E-state index >= 15 is 0 Å². The second-order valence-corrected chi connectivity index (χ2v) is 6.50. The number of rotatable bonds is 4. The summed E-state index contributed by atoms with van der Waals surface area (Å²) in [5.74, 6) is -1.17. The Kier molecular flexibility index (Phi) is 4.11. The van der Waals surface area contributed by atoms with Gasteiger partial charge in [-0.15, -0.1) is 0 Å². The first-order valence-electron chi connectivity index (χ1n) is 8.01. The van der Waals surface area contributed by atoms with Gasteiger partial charge in [0.2, 0.25) is 5.91 Å². The van der Waals surface area contributed by atoms with E-state index in [1.807, 2.05) is 26.1 Å². The SMILES string of the molecule is C[C@@H]1CN(C(=O)CCc2cn(C)c3ccccc23)C[C@H]1C(=O)O. The van der Waals surface area contributed by atoms with Crippen LogP contribution in [-0.2, 0) is 23.1 Å². The fraction of sp³-hybridized carbons (Fsp3) is 0.444. The van der Waals surface area contributed by atoms with Crippen molar-refractivity contribution in [3.05, 3.63) is 36.0 Å². The van der Waals surface area contributed by atoms with Crippen LogP contribution >= 0.6 is 0 Å². The van der Waals surface area contributed by atoms with E-state index in [0.29, 0.717) is 25.9 Å². The largest absolute Gasteiger partial charge is 0.481 e. The van der Waals surface area contributed by atoms with Gasteiger partial charge in [-0.05, 0) is 24.0 Å². The van der Waals surface area contributed by atoms with Crippen molar-refractivity contribution in [2.45, 2.75) is 19.8 Å². The molecule has 1 aromatic carbocycles. The number of aliphatic carboxylic acids is 1. The number of aryl methyl sites for hydroxylation is 2. The number of hydrogen-bond donors (Lipinski definition) is 1. The predicted molar refractivity (Wildman–Crippen MR) is 88.1 cm³/mol. The second kappa shape index (κ2) is 6.07. The van der Waals surface area contributed by atoms with Gasteiger partial charge >= 0.3 is 5.97 Å². The lowest BCUT2D eigenvalue weighted by atomic mass is 9.99. The van der Waals surface area contributed by atoms with E-state index in [-0.39, 0.29) is 11.8 Å². The summed E-state index contributed by atoms with van der Waals surface area (Å²) in [7, 11) is 2.01. The summed E-state index contributed by atoms with van der Waals surface area (Å²) in [5.41, 5.74) is 2.33. The summed E-state index contributed by atoms with van der Waals surface area (Å²) in [4.78, 5) is 25.3. The maximum Gasteiger partial charge on any atom is 0.308 e. The van der Waals surface area contributed by atoms with Gasteiger partial charge in [-0.2, -0.15) is 0 Å². The van der Waals surface area contributed by atoms with Crippen molar-refractivity contribution < 1.29 is 14.7 Å². The number of nitrogens with zero attached hydrogens (tertiary/aromatic N) is 2. The molecule has 122 valence electrons. The number of benzene rings is 1. The van der Waals surface area contributed by atoms with Gasteiger partial charge in [0.25, 0.3) is 0 Å². The third-order valence-electron chi connectivity index (χ3n) is 4.87. The number of carbonyl (C=O) groups excluding carboxylic acids is 1. The van der Waals surface area contributed by atoms with Crippen molar-refractivity contribution in [3.8, 4) is 0 Å². The molecule has 5 nitrogen and oxygen atoms in total. The monoisotopic (exact) mass is 314 g/mol. The number of fused-ring (bicyclic) bond motifs is 1. The highest BCUT2D eigenvalue weighted by atomic mass is 16.4. The minimum absolute atomic E-state index is 0.0222. The smallest absolute Gasteiger partial charge is 0.308 e. The molecule has 1 saturated heterocycles. The number of carboxylic acid groups (broad SMARTS) is 1. The van der Waals surface area contributed by atoms with Crippen LogP contribution in [0.1, 0.15) is 18.9 Å². The third kappa shape index (κ3) is 2.96. The van der Waals surface area contributed by atoms with Gasteiger partial charge in [0.05, 0.1) is 5.92 Å². The maximum atomic E-state index is 12.4. The fourth-order valence-electron chi connectivity index (χ4n) is 3.52. The molecule has 2 heterocycles. The van der Waals surface area contributed by atoms with Gasteiger partial charge in [0, 0.05) is 43.7 Å². The van der Waals surface area contributed by atoms with Gasteiger partial charge in [-0.1, -0.05) is 25.1 Å². The quantitative estimate of drug-likeness (QED) is 0.942. The molecule has 0 radical (unpaired) electrons. The standard InChI is InChI=1S/C18H22N2O3/c1-12-9-20(11-15(12)18(22)23)17(21)8-7-13-10-19(2)16-6-4-3-5-14(13)16/h3-6,10,12,15H,7-9,11H2,1-2H3,(H,22,23)/t12-,15-/m1/s1. The number of hydrogen-bond acceptors (Lipinski definition) is 2. The molecule has 0 saturated carbocycles. The predicted octanol–water partition coefficient (Wildman–Crippen LogP) is 2.29. The highest BCUT2D eigenvalue weighted by Gasteiger charge is 2.36. The van der Waals surface area contributed by atoms with E-state index in [1.54, 1.807) is 4.90 Å². The van der Waals surface area contributed by atoms with Crippen molar-refractivity contribution in [3.63, 3.8) is 0 Å². The first-order chi connectivity index (χ1) is 11.0. The van der Waals surface area contributed by atoms with Crippen molar-refractivity contribution in [1.29, 1.82) is 0 Å². The van der Waals surface area contributed by atoms with Gasteiger partial charge in [-0.3, -0.25) is 9.59 Å². The van der Waals surface area contributed by atoms with Crippen LogP contribution in [0.15, 0.2) is 30.5 Å². The Bertz CT molecular complexity index is 750. The van der Waals surface area contributed by atoms with Gasteiger partial charge < -0.3 is 14.6 Å². The highest BCUT2D eigenvalue weighted by Crippen LogP contribution is 2.25. The number of carboxylic acids is 1. The Morgan fingerprint density at radius 3 is 2.70 bits per heavy atom. The summed E-state index contributed by atoms with van der Waals surface area (Å²) in [6, 6.07) is 8.16. The summed E-state index contributed by atoms with van der Waals surface area (Å²) >= 11 is 0. The highest BCUT2D eigenvalue weighted by molar-refractivity contribution is 5.85. The second-order valence-electron chi connectivity index (χ2n) is 6.50. The molecule has 5 heteroatoms. The normalized spacial score (nSPS) is 21.0. The Hall–Kier alpha value is -2.30. The molecule has 1 aromatic heterocycles. The van der Waals surface area contributed by atoms with Crippen LogP contribution in [0, 0.1) is 11.8 Å². The van der Waals surface area contributed by atoms with Crippen LogP contribution in [0.5, 0.6) is 0 Å². The molecule has 1 amide bonds. The molecule has 0 spiro atoms. The number of aromatic nitrogens is 1. The number of carbonyl (C=O) groups is 2. The van der Waals surface area contributed by atoms with Crippen LogP contribution in [0.4, 0.5) is 0 Å². The molecule has 0 bridgehead atoms. The number of amides is 1. The van der Waals surface area contributed by atoms with E-state index in [2.05, 4.69) is 22.9 Å². The van der Waals surface area contributed by atoms with Gasteiger partial charge in [0.15, 0.2) is 0 Å². The molecule has 0 aliphatic carbocycles. The lowest BCUT2D eigenvalue weighted by Crippen LogP contribution is -2.30. The molecule has 23 heavy (non-hydrogen) atoms. The first kappa shape index (κ1) is 15.6. The van der Waals surface area contributed by atoms with Crippen LogP contribution in [0.25, 0.3) is 10.9 Å². The number of likely N-dealkylation sites (tertiary alicyclic amines) is 1. The van der Waals surface area contributed by atoms with Crippen LogP contribution in [0.3, 0.4) is 0 Å². The zero-order chi connectivity index (χ0) is 16.6.